The molecular weight excluding hydrogens is 317 g/mol. The van der Waals surface area contributed by atoms with Crippen molar-refractivity contribution in [3.63, 3.8) is 0 Å². The highest BCUT2D eigenvalue weighted by molar-refractivity contribution is 9.09. The van der Waals surface area contributed by atoms with Crippen molar-refractivity contribution >= 4 is 38.9 Å². The Morgan fingerprint density at radius 2 is 2.13 bits per heavy atom. The first-order chi connectivity index (χ1) is 6.88. The van der Waals surface area contributed by atoms with Gasteiger partial charge in [0.1, 0.15) is 6.61 Å². The summed E-state index contributed by atoms with van der Waals surface area (Å²) in [5, 5.41) is 0. The van der Waals surface area contributed by atoms with Crippen molar-refractivity contribution in [1.29, 1.82) is 0 Å². The van der Waals surface area contributed by atoms with Crippen LogP contribution in [-0.4, -0.2) is 19.4 Å². The van der Waals surface area contributed by atoms with Gasteiger partial charge in [-0.25, -0.2) is 0 Å². The predicted octanol–water partition coefficient (Wildman–Crippen LogP) is 4.42. The SMILES string of the molecule is FC(F)(F)COCC(Br)c1ccc(Cl)s1. The minimum Gasteiger partial charge on any atom is -0.370 e. The molecule has 7 heteroatoms. The summed E-state index contributed by atoms with van der Waals surface area (Å²) >= 11 is 10.2. The number of ether oxygens (including phenoxy) is 1. The summed E-state index contributed by atoms with van der Waals surface area (Å²) in [6.07, 6.45) is -4.28. The lowest BCUT2D eigenvalue weighted by Gasteiger charge is -2.10. The molecule has 0 saturated carbocycles. The number of hydrogen-bond acceptors (Lipinski definition) is 2. The van der Waals surface area contributed by atoms with Crippen LogP contribution in [0.25, 0.3) is 0 Å². The molecule has 1 heterocycles. The van der Waals surface area contributed by atoms with Gasteiger partial charge in [0, 0.05) is 4.88 Å². The third-order valence-corrected chi connectivity index (χ3v) is 3.84. The Bertz CT molecular complexity index is 315. The van der Waals surface area contributed by atoms with E-state index in [-0.39, 0.29) is 11.4 Å². The van der Waals surface area contributed by atoms with E-state index in [4.69, 9.17) is 11.6 Å². The van der Waals surface area contributed by atoms with E-state index >= 15 is 0 Å². The Kier molecular flexibility index (Phi) is 4.89. The monoisotopic (exact) mass is 322 g/mol. The van der Waals surface area contributed by atoms with Crippen molar-refractivity contribution in [2.75, 3.05) is 13.2 Å². The second-order valence-corrected chi connectivity index (χ2v) is 5.59. The summed E-state index contributed by atoms with van der Waals surface area (Å²) < 4.78 is 40.4. The standard InChI is InChI=1S/C8H7BrClF3OS/c9-5(3-14-4-8(11,12)13)6-1-2-7(10)15-6/h1-2,5H,3-4H2. The van der Waals surface area contributed by atoms with Crippen molar-refractivity contribution in [2.24, 2.45) is 0 Å². The van der Waals surface area contributed by atoms with Gasteiger partial charge in [0.05, 0.1) is 15.8 Å². The molecule has 1 aromatic heterocycles. The second kappa shape index (κ2) is 5.52. The highest BCUT2D eigenvalue weighted by Gasteiger charge is 2.27. The van der Waals surface area contributed by atoms with Crippen LogP contribution in [0.15, 0.2) is 12.1 Å². The zero-order valence-corrected chi connectivity index (χ0v) is 10.5. The van der Waals surface area contributed by atoms with E-state index in [2.05, 4.69) is 20.7 Å². The van der Waals surface area contributed by atoms with Crippen LogP contribution in [0.3, 0.4) is 0 Å². The van der Waals surface area contributed by atoms with Crippen LogP contribution in [0.1, 0.15) is 9.70 Å². The van der Waals surface area contributed by atoms with Crippen LogP contribution in [0, 0.1) is 0 Å². The Labute approximate surface area is 102 Å². The van der Waals surface area contributed by atoms with Crippen LogP contribution >= 0.6 is 38.9 Å². The van der Waals surface area contributed by atoms with Gasteiger partial charge in [0.25, 0.3) is 0 Å². The third-order valence-electron chi connectivity index (χ3n) is 1.43. The molecule has 1 rings (SSSR count). The Morgan fingerprint density at radius 3 is 2.60 bits per heavy atom. The van der Waals surface area contributed by atoms with Gasteiger partial charge in [-0.1, -0.05) is 27.5 Å². The van der Waals surface area contributed by atoms with Crippen LogP contribution < -0.4 is 0 Å². The lowest BCUT2D eigenvalue weighted by molar-refractivity contribution is -0.173. The molecule has 1 unspecified atom stereocenters. The molecule has 0 radical (unpaired) electrons. The van der Waals surface area contributed by atoms with Crippen molar-refractivity contribution in [1.82, 2.24) is 0 Å². The van der Waals surface area contributed by atoms with Gasteiger partial charge in [-0.2, -0.15) is 13.2 Å². The molecule has 0 spiro atoms. The van der Waals surface area contributed by atoms with Gasteiger partial charge in [0.15, 0.2) is 0 Å². The van der Waals surface area contributed by atoms with Crippen LogP contribution in [0.4, 0.5) is 13.2 Å². The quantitative estimate of drug-likeness (QED) is 0.746. The normalized spacial score (nSPS) is 14.2. The Balaban J connectivity index is 2.34. The first kappa shape index (κ1) is 13.3. The number of alkyl halides is 4. The molecule has 1 nitrogen and oxygen atoms in total. The first-order valence-corrected chi connectivity index (χ1v) is 6.03. The van der Waals surface area contributed by atoms with E-state index in [0.717, 1.165) is 4.88 Å². The molecular formula is C8H7BrClF3OS. The molecule has 0 aliphatic heterocycles. The minimum absolute atomic E-state index is 0.0314. The zero-order chi connectivity index (χ0) is 11.5. The van der Waals surface area contributed by atoms with Gasteiger partial charge in [-0.05, 0) is 12.1 Å². The maximum atomic E-state index is 11.8. The molecule has 1 atom stereocenters. The van der Waals surface area contributed by atoms with Crippen molar-refractivity contribution in [3.8, 4) is 0 Å². The molecule has 0 fully saturated rings. The average molecular weight is 324 g/mol. The predicted molar refractivity (Wildman–Crippen MR) is 57.9 cm³/mol. The summed E-state index contributed by atoms with van der Waals surface area (Å²) in [7, 11) is 0. The number of rotatable bonds is 4. The van der Waals surface area contributed by atoms with E-state index < -0.39 is 12.8 Å². The van der Waals surface area contributed by atoms with E-state index in [1.54, 1.807) is 12.1 Å². The molecule has 0 bridgehead atoms. The van der Waals surface area contributed by atoms with Gasteiger partial charge in [-0.3, -0.25) is 0 Å². The van der Waals surface area contributed by atoms with Gasteiger partial charge >= 0.3 is 6.18 Å². The maximum Gasteiger partial charge on any atom is 0.411 e. The highest BCUT2D eigenvalue weighted by Crippen LogP contribution is 2.32. The average Bonchev–Trinajstić information content (AvgIpc) is 2.49. The van der Waals surface area contributed by atoms with E-state index in [1.165, 1.54) is 11.3 Å². The topological polar surface area (TPSA) is 9.23 Å². The molecule has 0 aliphatic carbocycles. The van der Waals surface area contributed by atoms with Crippen molar-refractivity contribution in [3.05, 3.63) is 21.3 Å². The second-order valence-electron chi connectivity index (χ2n) is 2.74. The lowest BCUT2D eigenvalue weighted by atomic mass is 10.4. The highest BCUT2D eigenvalue weighted by atomic mass is 79.9. The fourth-order valence-corrected chi connectivity index (χ4v) is 2.50. The summed E-state index contributed by atoms with van der Waals surface area (Å²) in [6, 6.07) is 3.45. The van der Waals surface area contributed by atoms with Crippen LogP contribution in [0.2, 0.25) is 4.34 Å². The summed E-state index contributed by atoms with van der Waals surface area (Å²) in [5.74, 6) is 0. The molecule has 0 aromatic carbocycles. The first-order valence-electron chi connectivity index (χ1n) is 3.92. The fraction of sp³-hybridized carbons (Fsp3) is 0.500. The van der Waals surface area contributed by atoms with Crippen LogP contribution in [0.5, 0.6) is 0 Å². The van der Waals surface area contributed by atoms with Gasteiger partial charge in [-0.15, -0.1) is 11.3 Å². The summed E-state index contributed by atoms with van der Waals surface area (Å²) in [6.45, 7) is -1.26. The van der Waals surface area contributed by atoms with Crippen LogP contribution in [-0.2, 0) is 4.74 Å². The maximum absolute atomic E-state index is 11.8. The molecule has 0 aliphatic rings. The summed E-state index contributed by atoms with van der Waals surface area (Å²) in [4.78, 5) is 0.597. The van der Waals surface area contributed by atoms with Gasteiger partial charge < -0.3 is 4.74 Å². The Morgan fingerprint density at radius 1 is 1.47 bits per heavy atom. The van der Waals surface area contributed by atoms with Gasteiger partial charge in [0.2, 0.25) is 0 Å². The van der Waals surface area contributed by atoms with E-state index in [9.17, 15) is 13.2 Å². The fourth-order valence-electron chi connectivity index (χ4n) is 0.857. The smallest absolute Gasteiger partial charge is 0.370 e. The lowest BCUT2D eigenvalue weighted by Crippen LogP contribution is -2.18. The molecule has 15 heavy (non-hydrogen) atoms. The molecule has 1 aromatic rings. The zero-order valence-electron chi connectivity index (χ0n) is 7.35. The van der Waals surface area contributed by atoms with E-state index in [1.807, 2.05) is 0 Å². The van der Waals surface area contributed by atoms with Crippen molar-refractivity contribution in [2.45, 2.75) is 11.0 Å². The molecule has 0 amide bonds. The minimum atomic E-state index is -4.28. The number of hydrogen-bond donors (Lipinski definition) is 0. The summed E-state index contributed by atoms with van der Waals surface area (Å²) in [5.41, 5.74) is 0. The number of halogens is 5. The third kappa shape index (κ3) is 5.19. The molecule has 86 valence electrons. The molecule has 0 saturated heterocycles. The Hall–Kier alpha value is 0.220. The number of thiophene rings is 1. The largest absolute Gasteiger partial charge is 0.411 e. The van der Waals surface area contributed by atoms with Crippen molar-refractivity contribution < 1.29 is 17.9 Å². The van der Waals surface area contributed by atoms with E-state index in [0.29, 0.717) is 4.34 Å². The molecule has 0 N–H and O–H groups in total.